The molecular weight excluding hydrogens is 526 g/mol. The summed E-state index contributed by atoms with van der Waals surface area (Å²) in [5, 5.41) is 9.92. The number of carboxylic acid groups (broad SMARTS) is 1. The molecule has 0 bridgehead atoms. The number of carboxylic acids is 1. The lowest BCUT2D eigenvalue weighted by Gasteiger charge is -2.31. The molecule has 0 atom stereocenters. The van der Waals surface area contributed by atoms with Crippen molar-refractivity contribution in [2.45, 2.75) is 50.3 Å². The number of halogens is 1. The summed E-state index contributed by atoms with van der Waals surface area (Å²) in [5.41, 5.74) is 0.511. The normalized spacial score (nSPS) is 15.6. The molecule has 1 aliphatic rings. The Kier molecular flexibility index (Phi) is 7.15. The molecule has 182 valence electrons. The highest BCUT2D eigenvalue weighted by Crippen LogP contribution is 2.31. The topological polar surface area (TPSA) is 111 Å². The fourth-order valence-corrected chi connectivity index (χ4v) is 5.72. The Labute approximate surface area is 206 Å². The monoisotopic (exact) mass is 551 g/mol. The number of ether oxygens (including phenoxy) is 2. The zero-order chi connectivity index (χ0) is 24.5. The van der Waals surface area contributed by atoms with Gasteiger partial charge in [0.2, 0.25) is 10.0 Å². The van der Waals surface area contributed by atoms with Crippen LogP contribution in [0.5, 0.6) is 11.5 Å². The molecule has 0 unspecified atom stereocenters. The molecule has 0 saturated carbocycles. The summed E-state index contributed by atoms with van der Waals surface area (Å²) in [4.78, 5) is 15.9. The molecule has 3 heterocycles. The Morgan fingerprint density at radius 2 is 1.85 bits per heavy atom. The molecule has 4 rings (SSSR count). The third-order valence-electron chi connectivity index (χ3n) is 5.49. The lowest BCUT2D eigenvalue weighted by molar-refractivity contribution is -0.137. The number of hydrogen-bond donors (Lipinski definition) is 1. The van der Waals surface area contributed by atoms with Crippen molar-refractivity contribution in [1.29, 1.82) is 0 Å². The number of piperidine rings is 1. The Balaban J connectivity index is 1.44. The van der Waals surface area contributed by atoms with Gasteiger partial charge in [0, 0.05) is 19.3 Å². The molecule has 1 N–H and O–H groups in total. The number of carbonyl (C=O) groups is 1. The summed E-state index contributed by atoms with van der Waals surface area (Å²) in [5.74, 6) is 0.190. The van der Waals surface area contributed by atoms with E-state index in [9.17, 15) is 18.3 Å². The number of nitrogens with zero attached hydrogens (tertiary/aromatic N) is 3. The van der Waals surface area contributed by atoms with Gasteiger partial charge in [-0.2, -0.15) is 4.31 Å². The van der Waals surface area contributed by atoms with E-state index in [1.54, 1.807) is 36.5 Å². The van der Waals surface area contributed by atoms with E-state index >= 15 is 0 Å². The molecule has 2 aromatic heterocycles. The first-order valence-electron chi connectivity index (χ1n) is 10.9. The van der Waals surface area contributed by atoms with Crippen LogP contribution in [0.1, 0.15) is 26.7 Å². The maximum absolute atomic E-state index is 13.1. The van der Waals surface area contributed by atoms with E-state index in [1.165, 1.54) is 8.87 Å². The van der Waals surface area contributed by atoms with Gasteiger partial charge < -0.3 is 19.1 Å². The number of aromatic nitrogens is 2. The van der Waals surface area contributed by atoms with E-state index < -0.39 is 16.0 Å². The zero-order valence-electron chi connectivity index (χ0n) is 18.8. The van der Waals surface area contributed by atoms with Crippen molar-refractivity contribution in [3.05, 3.63) is 47.2 Å². The van der Waals surface area contributed by atoms with E-state index in [0.29, 0.717) is 53.1 Å². The van der Waals surface area contributed by atoms with Gasteiger partial charge >= 0.3 is 5.97 Å². The molecule has 1 aliphatic heterocycles. The number of hydrogen-bond acceptors (Lipinski definition) is 6. The van der Waals surface area contributed by atoms with Crippen LogP contribution in [0.2, 0.25) is 0 Å². The van der Waals surface area contributed by atoms with Crippen LogP contribution in [0.4, 0.5) is 0 Å². The van der Waals surface area contributed by atoms with Gasteiger partial charge in [-0.3, -0.25) is 4.79 Å². The fourth-order valence-electron chi connectivity index (χ4n) is 3.95. The summed E-state index contributed by atoms with van der Waals surface area (Å²) in [6.45, 7) is 4.25. The summed E-state index contributed by atoms with van der Waals surface area (Å²) in [6, 6.07) is 10.1. The smallest absolute Gasteiger partial charge is 0.323 e. The van der Waals surface area contributed by atoms with Crippen LogP contribution >= 0.6 is 15.9 Å². The van der Waals surface area contributed by atoms with Gasteiger partial charge in [0.05, 0.1) is 16.4 Å². The summed E-state index contributed by atoms with van der Waals surface area (Å²) in [7, 11) is -3.61. The minimum atomic E-state index is -3.61. The average Bonchev–Trinajstić information content (AvgIpc) is 3.09. The Morgan fingerprint density at radius 1 is 1.18 bits per heavy atom. The molecule has 0 aliphatic carbocycles. The Bertz CT molecular complexity index is 1280. The molecule has 11 heteroatoms. The molecule has 34 heavy (non-hydrogen) atoms. The van der Waals surface area contributed by atoms with Crippen molar-refractivity contribution >= 4 is 43.0 Å². The SMILES string of the molecule is CC(C)Oc1ccc(S(=O)(=O)N2CCC(Oc3cn(CC(=O)O)c4nc(Br)ccc34)CC2)cc1. The van der Waals surface area contributed by atoms with Crippen LogP contribution in [-0.4, -0.2) is 58.6 Å². The van der Waals surface area contributed by atoms with Crippen LogP contribution in [0.25, 0.3) is 11.0 Å². The molecule has 0 spiro atoms. The highest BCUT2D eigenvalue weighted by atomic mass is 79.9. The second kappa shape index (κ2) is 9.93. The quantitative estimate of drug-likeness (QED) is 0.422. The van der Waals surface area contributed by atoms with Crippen LogP contribution in [0.3, 0.4) is 0 Å². The molecule has 0 radical (unpaired) electrons. The highest BCUT2D eigenvalue weighted by Gasteiger charge is 2.31. The van der Waals surface area contributed by atoms with Gasteiger partial charge in [-0.25, -0.2) is 13.4 Å². The minimum absolute atomic E-state index is 0.0111. The van der Waals surface area contributed by atoms with Crippen molar-refractivity contribution in [3.8, 4) is 11.5 Å². The molecule has 1 fully saturated rings. The van der Waals surface area contributed by atoms with Crippen LogP contribution in [0, 0.1) is 0 Å². The van der Waals surface area contributed by atoms with Crippen LogP contribution in [0.15, 0.2) is 52.1 Å². The van der Waals surface area contributed by atoms with E-state index in [0.717, 1.165) is 0 Å². The largest absolute Gasteiger partial charge is 0.491 e. The maximum atomic E-state index is 13.1. The van der Waals surface area contributed by atoms with Crippen LogP contribution in [-0.2, 0) is 21.4 Å². The van der Waals surface area contributed by atoms with E-state index in [4.69, 9.17) is 9.47 Å². The van der Waals surface area contributed by atoms with Crippen LogP contribution < -0.4 is 9.47 Å². The second-order valence-electron chi connectivity index (χ2n) is 8.38. The van der Waals surface area contributed by atoms with Gasteiger partial charge in [0.15, 0.2) is 0 Å². The molecule has 1 saturated heterocycles. The van der Waals surface area contributed by atoms with Crippen molar-refractivity contribution in [2.75, 3.05) is 13.1 Å². The summed E-state index contributed by atoms with van der Waals surface area (Å²) < 4.78 is 41.5. The predicted octanol–water partition coefficient (Wildman–Crippen LogP) is 3.90. The number of fused-ring (bicyclic) bond motifs is 1. The first-order valence-corrected chi connectivity index (χ1v) is 13.2. The first kappa shape index (κ1) is 24.5. The van der Waals surface area contributed by atoms with Gasteiger partial charge in [0.1, 0.15) is 34.4 Å². The van der Waals surface area contributed by atoms with Gasteiger partial charge in [-0.1, -0.05) is 0 Å². The predicted molar refractivity (Wildman–Crippen MR) is 130 cm³/mol. The van der Waals surface area contributed by atoms with Gasteiger partial charge in [0.25, 0.3) is 0 Å². The summed E-state index contributed by atoms with van der Waals surface area (Å²) >= 11 is 3.32. The van der Waals surface area contributed by atoms with Crippen molar-refractivity contribution in [3.63, 3.8) is 0 Å². The molecule has 1 aromatic carbocycles. The molecule has 0 amide bonds. The number of sulfonamides is 1. The number of pyridine rings is 1. The number of rotatable bonds is 8. The second-order valence-corrected chi connectivity index (χ2v) is 11.1. The average molecular weight is 552 g/mol. The molecular formula is C23H26BrN3O6S. The number of aliphatic carboxylic acids is 1. The Hall–Kier alpha value is -2.63. The van der Waals surface area contributed by atoms with Crippen molar-refractivity contribution in [2.24, 2.45) is 0 Å². The minimum Gasteiger partial charge on any atom is -0.491 e. The maximum Gasteiger partial charge on any atom is 0.323 e. The van der Waals surface area contributed by atoms with E-state index in [2.05, 4.69) is 20.9 Å². The third-order valence-corrected chi connectivity index (χ3v) is 7.84. The summed E-state index contributed by atoms with van der Waals surface area (Å²) in [6.07, 6.45) is 2.49. The van der Waals surface area contributed by atoms with E-state index in [-0.39, 0.29) is 23.6 Å². The fraction of sp³-hybridized carbons (Fsp3) is 0.391. The molecule has 9 nitrogen and oxygen atoms in total. The molecule has 3 aromatic rings. The van der Waals surface area contributed by atoms with Gasteiger partial charge in [-0.15, -0.1) is 0 Å². The van der Waals surface area contributed by atoms with E-state index in [1.807, 2.05) is 19.9 Å². The Morgan fingerprint density at radius 3 is 2.47 bits per heavy atom. The lowest BCUT2D eigenvalue weighted by atomic mass is 10.1. The standard InChI is InChI=1S/C23H26BrN3O6S/c1-15(2)32-16-3-5-18(6-4-16)34(30,31)27-11-9-17(10-12-27)33-20-13-26(14-22(28)29)23-19(20)7-8-21(24)25-23/h3-8,13,15,17H,9-12,14H2,1-2H3,(H,28,29). The van der Waals surface area contributed by atoms with Crippen molar-refractivity contribution < 1.29 is 27.8 Å². The number of benzene rings is 1. The first-order chi connectivity index (χ1) is 16.1. The highest BCUT2D eigenvalue weighted by molar-refractivity contribution is 9.10. The third kappa shape index (κ3) is 5.37. The van der Waals surface area contributed by atoms with Crippen molar-refractivity contribution in [1.82, 2.24) is 13.9 Å². The van der Waals surface area contributed by atoms with Gasteiger partial charge in [-0.05, 0) is 79.0 Å². The lowest BCUT2D eigenvalue weighted by Crippen LogP contribution is -2.41. The zero-order valence-corrected chi connectivity index (χ0v) is 21.3.